The molecule has 60 heavy (non-hydrogen) atoms. The average molecular weight is 759 g/mol. The van der Waals surface area contributed by atoms with Crippen LogP contribution in [0.5, 0.6) is 0 Å². The van der Waals surface area contributed by atoms with Gasteiger partial charge in [0.15, 0.2) is 17.5 Å². The van der Waals surface area contributed by atoms with Gasteiger partial charge in [0, 0.05) is 43.9 Å². The quantitative estimate of drug-likeness (QED) is 0.165. The van der Waals surface area contributed by atoms with Gasteiger partial charge in [-0.15, -0.1) is 32.8 Å². The monoisotopic (exact) mass is 760 g/mol. The molecule has 7 aromatic carbocycles. The summed E-state index contributed by atoms with van der Waals surface area (Å²) < 4.78 is 8.95. The third-order valence-corrected chi connectivity index (χ3v) is 13.8. The molecule has 0 saturated carbocycles. The molecular weight excluding hydrogens is 721 g/mol. The second-order valence-corrected chi connectivity index (χ2v) is 16.7. The van der Waals surface area contributed by atoms with E-state index in [-0.39, 0.29) is 0 Å². The Morgan fingerprint density at radius 3 is 1.53 bits per heavy atom. The summed E-state index contributed by atoms with van der Waals surface area (Å²) in [5.74, 6) is 2.04. The number of hydrogen-bond donors (Lipinski definition) is 0. The number of rotatable bonds is 5. The highest BCUT2D eigenvalue weighted by molar-refractivity contribution is 6.70. The third kappa shape index (κ3) is 5.73. The minimum absolute atomic E-state index is 0.642. The Balaban J connectivity index is 1.20. The SMILES string of the molecule is Bc1c(B)c(B)c(-c2nc(-c3ccc4oc5cccc(-c6ccc7c(c6)c6ccccc6n7-c6ccccc6)c5c4c3)nc(-c3c(B)c(B)c(B)c(B)c3B)n2)c(B)c1B. The molecule has 0 radical (unpaired) electrons. The van der Waals surface area contributed by atoms with Crippen LogP contribution >= 0.6 is 0 Å². The lowest BCUT2D eigenvalue weighted by Gasteiger charge is -2.22. The van der Waals surface area contributed by atoms with Crippen LogP contribution in [0.15, 0.2) is 114 Å². The van der Waals surface area contributed by atoms with Crippen molar-refractivity contribution in [3.8, 4) is 51.0 Å². The van der Waals surface area contributed by atoms with Crippen LogP contribution in [0.1, 0.15) is 0 Å². The first kappa shape index (κ1) is 38.0. The average Bonchev–Trinajstić information content (AvgIpc) is 3.82. The standard InChI is InChI=1S/C45H38B10N4O/c46-33-31(34(47)38(51)41(54)37(33)50)44-56-43(57-45(58-44)32-35(48)39(52)42(55)40(53)36(32)49)20-14-16-28-25(18-20)30-22(10-6-12-29(30)60-28)19-13-15-27-24(17-19)23-9-4-5-11-26(23)59(27)21-7-2-1-3-8-21/h1-18H,46-55H2. The van der Waals surface area contributed by atoms with Gasteiger partial charge in [-0.2, -0.15) is 0 Å². The van der Waals surface area contributed by atoms with Crippen molar-refractivity contribution in [3.63, 3.8) is 0 Å². The largest absolute Gasteiger partial charge is 0.456 e. The minimum atomic E-state index is 0.642. The lowest BCUT2D eigenvalue weighted by atomic mass is 9.60. The van der Waals surface area contributed by atoms with Crippen LogP contribution in [0, 0.1) is 0 Å². The maximum absolute atomic E-state index is 6.59. The molecule has 0 spiro atoms. The summed E-state index contributed by atoms with van der Waals surface area (Å²) in [5.41, 5.74) is 23.0. The molecule has 0 N–H and O–H groups in total. The van der Waals surface area contributed by atoms with Crippen molar-refractivity contribution < 1.29 is 4.42 Å². The molecule has 10 rings (SSSR count). The first-order chi connectivity index (χ1) is 28.9. The van der Waals surface area contributed by atoms with Crippen molar-refractivity contribution in [2.45, 2.75) is 0 Å². The van der Waals surface area contributed by atoms with E-state index in [9.17, 15) is 0 Å². The maximum atomic E-state index is 6.59. The van der Waals surface area contributed by atoms with Gasteiger partial charge in [0.2, 0.25) is 0 Å². The summed E-state index contributed by atoms with van der Waals surface area (Å²) in [6.07, 6.45) is 0. The first-order valence-corrected chi connectivity index (χ1v) is 20.9. The van der Waals surface area contributed by atoms with E-state index in [1.165, 1.54) is 76.4 Å². The lowest BCUT2D eigenvalue weighted by molar-refractivity contribution is 0.669. The molecule has 274 valence electrons. The second kappa shape index (κ2) is 14.2. The minimum Gasteiger partial charge on any atom is -0.456 e. The molecule has 0 aliphatic rings. The van der Waals surface area contributed by atoms with E-state index >= 15 is 0 Å². The Kier molecular flexibility index (Phi) is 9.02. The van der Waals surface area contributed by atoms with Crippen LogP contribution in [-0.4, -0.2) is 98.0 Å². The van der Waals surface area contributed by atoms with Crippen LogP contribution < -0.4 is 54.6 Å². The van der Waals surface area contributed by atoms with Crippen molar-refractivity contribution >= 4 is 177 Å². The molecule has 0 aliphatic carbocycles. The summed E-state index contributed by atoms with van der Waals surface area (Å²) in [6.45, 7) is 0. The number of benzene rings is 7. The molecule has 3 aromatic heterocycles. The summed E-state index contributed by atoms with van der Waals surface area (Å²) in [5, 5.41) is 4.53. The molecule has 15 heteroatoms. The van der Waals surface area contributed by atoms with Gasteiger partial charge in [-0.3, -0.25) is 0 Å². The van der Waals surface area contributed by atoms with Crippen molar-refractivity contribution in [2.24, 2.45) is 0 Å². The molecule has 0 atom stereocenters. The van der Waals surface area contributed by atoms with Crippen molar-refractivity contribution in [3.05, 3.63) is 109 Å². The van der Waals surface area contributed by atoms with Crippen LogP contribution in [0.4, 0.5) is 0 Å². The molecule has 5 nitrogen and oxygen atoms in total. The Bertz CT molecular complexity index is 3310. The summed E-state index contributed by atoms with van der Waals surface area (Å²) in [6, 6.07) is 38.9. The van der Waals surface area contributed by atoms with Crippen LogP contribution in [0.3, 0.4) is 0 Å². The van der Waals surface area contributed by atoms with E-state index < -0.39 is 0 Å². The second-order valence-electron chi connectivity index (χ2n) is 16.7. The Morgan fingerprint density at radius 2 is 0.900 bits per heavy atom. The predicted octanol–water partition coefficient (Wildman–Crippen LogP) is -5.88. The molecule has 0 amide bonds. The van der Waals surface area contributed by atoms with Gasteiger partial charge in [-0.1, -0.05) is 76.4 Å². The number of furan rings is 1. The number of hydrogen-bond acceptors (Lipinski definition) is 4. The highest BCUT2D eigenvalue weighted by Crippen LogP contribution is 2.41. The van der Waals surface area contributed by atoms with Gasteiger partial charge in [-0.05, 0) is 65.7 Å². The zero-order valence-electron chi connectivity index (χ0n) is 36.1. The van der Waals surface area contributed by atoms with E-state index in [4.69, 9.17) is 19.4 Å². The Labute approximate surface area is 359 Å². The first-order valence-electron chi connectivity index (χ1n) is 20.9. The van der Waals surface area contributed by atoms with Gasteiger partial charge in [-0.25, -0.2) is 15.0 Å². The van der Waals surface area contributed by atoms with Gasteiger partial charge >= 0.3 is 0 Å². The predicted molar refractivity (Wildman–Crippen MR) is 285 cm³/mol. The molecular formula is C45H38B10N4O. The van der Waals surface area contributed by atoms with Crippen molar-refractivity contribution in [2.75, 3.05) is 0 Å². The van der Waals surface area contributed by atoms with Crippen LogP contribution in [-0.2, 0) is 0 Å². The number of para-hydroxylation sites is 2. The van der Waals surface area contributed by atoms with Crippen LogP contribution in [0.25, 0.3) is 94.7 Å². The summed E-state index contributed by atoms with van der Waals surface area (Å²) in [4.78, 5) is 16.0. The van der Waals surface area contributed by atoms with Gasteiger partial charge in [0.25, 0.3) is 0 Å². The summed E-state index contributed by atoms with van der Waals surface area (Å²) in [7, 11) is 22.1. The van der Waals surface area contributed by atoms with E-state index in [0.29, 0.717) is 17.5 Å². The summed E-state index contributed by atoms with van der Waals surface area (Å²) >= 11 is 0. The van der Waals surface area contributed by atoms with E-state index in [2.05, 4.69) is 192 Å². The highest BCUT2D eigenvalue weighted by Gasteiger charge is 2.23. The third-order valence-electron chi connectivity index (χ3n) is 13.8. The zero-order chi connectivity index (χ0) is 41.7. The van der Waals surface area contributed by atoms with Gasteiger partial charge in [0.1, 0.15) is 89.6 Å². The maximum Gasteiger partial charge on any atom is 0.164 e. The fraction of sp³-hybridized carbons (Fsp3) is 0. The van der Waals surface area contributed by atoms with Gasteiger partial charge in [0.05, 0.1) is 11.0 Å². The number of fused-ring (bicyclic) bond motifs is 6. The number of aromatic nitrogens is 4. The van der Waals surface area contributed by atoms with Crippen molar-refractivity contribution in [1.29, 1.82) is 0 Å². The van der Waals surface area contributed by atoms with Gasteiger partial charge < -0.3 is 8.98 Å². The van der Waals surface area contributed by atoms with E-state index in [0.717, 1.165) is 55.4 Å². The molecule has 3 heterocycles. The van der Waals surface area contributed by atoms with Crippen LogP contribution in [0.2, 0.25) is 0 Å². The molecule has 0 unspecified atom stereocenters. The topological polar surface area (TPSA) is 56.7 Å². The molecule has 0 aliphatic heterocycles. The van der Waals surface area contributed by atoms with E-state index in [1.54, 1.807) is 0 Å². The smallest absolute Gasteiger partial charge is 0.164 e. The number of nitrogens with zero attached hydrogens (tertiary/aromatic N) is 4. The lowest BCUT2D eigenvalue weighted by Crippen LogP contribution is -2.55. The Morgan fingerprint density at radius 1 is 0.383 bits per heavy atom. The fourth-order valence-electron chi connectivity index (χ4n) is 9.60. The molecule has 10 aromatic rings. The Hall–Kier alpha value is -6.20. The normalized spacial score (nSPS) is 11.7. The molecule has 0 saturated heterocycles. The van der Waals surface area contributed by atoms with E-state index in [1.807, 2.05) is 0 Å². The van der Waals surface area contributed by atoms with Crippen molar-refractivity contribution in [1.82, 2.24) is 19.5 Å². The highest BCUT2D eigenvalue weighted by atomic mass is 16.3. The fourth-order valence-corrected chi connectivity index (χ4v) is 9.60. The molecule has 0 bridgehead atoms. The molecule has 0 fully saturated rings. The zero-order valence-corrected chi connectivity index (χ0v) is 36.1.